The highest BCUT2D eigenvalue weighted by Crippen LogP contribution is 2.06. The van der Waals surface area contributed by atoms with Crippen molar-refractivity contribution in [3.8, 4) is 0 Å². The van der Waals surface area contributed by atoms with Crippen LogP contribution >= 0.6 is 0 Å². The van der Waals surface area contributed by atoms with Gasteiger partial charge in [-0.3, -0.25) is 4.79 Å². The van der Waals surface area contributed by atoms with Gasteiger partial charge in [0.2, 0.25) is 5.91 Å². The third kappa shape index (κ3) is 2.61. The molecule has 1 aliphatic rings. The maximum absolute atomic E-state index is 11.4. The molecular weight excluding hydrogens is 170 g/mol. The number of hydrogen-bond donors (Lipinski definition) is 2. The van der Waals surface area contributed by atoms with E-state index in [0.29, 0.717) is 0 Å². The molecule has 0 bridgehead atoms. The number of hydrogen-bond acceptors (Lipinski definition) is 2. The second kappa shape index (κ2) is 4.11. The topological polar surface area (TPSA) is 75.4 Å². The number of likely N-dealkylation sites (tertiary alicyclic amines) is 1. The highest BCUT2D eigenvalue weighted by atomic mass is 16.2. The van der Waals surface area contributed by atoms with Gasteiger partial charge in [-0.25, -0.2) is 4.79 Å². The summed E-state index contributed by atoms with van der Waals surface area (Å²) in [5.41, 5.74) is 5.01. The zero-order valence-electron chi connectivity index (χ0n) is 7.75. The van der Waals surface area contributed by atoms with E-state index in [2.05, 4.69) is 5.32 Å². The SMILES string of the molecule is CC(NC(=O)N1CCCC1)C(N)=O. The van der Waals surface area contributed by atoms with Crippen molar-refractivity contribution in [2.24, 2.45) is 5.73 Å². The Morgan fingerprint density at radius 1 is 1.38 bits per heavy atom. The summed E-state index contributed by atoms with van der Waals surface area (Å²) in [6, 6.07) is -0.781. The molecule has 1 fully saturated rings. The van der Waals surface area contributed by atoms with Gasteiger partial charge in [0.1, 0.15) is 6.04 Å². The molecule has 0 spiro atoms. The quantitative estimate of drug-likeness (QED) is 0.618. The monoisotopic (exact) mass is 185 g/mol. The molecule has 1 aliphatic heterocycles. The average Bonchev–Trinajstić information content (AvgIpc) is 2.55. The van der Waals surface area contributed by atoms with Crippen LogP contribution in [-0.2, 0) is 4.79 Å². The number of nitrogens with two attached hydrogens (primary N) is 1. The van der Waals surface area contributed by atoms with Crippen LogP contribution in [0.25, 0.3) is 0 Å². The van der Waals surface area contributed by atoms with Gasteiger partial charge in [-0.15, -0.1) is 0 Å². The first-order valence-corrected chi connectivity index (χ1v) is 4.46. The van der Waals surface area contributed by atoms with Gasteiger partial charge in [-0.05, 0) is 19.8 Å². The molecule has 0 aliphatic carbocycles. The molecule has 0 aromatic carbocycles. The summed E-state index contributed by atoms with van der Waals surface area (Å²) in [5, 5.41) is 2.53. The lowest BCUT2D eigenvalue weighted by molar-refractivity contribution is -0.119. The van der Waals surface area contributed by atoms with Crippen molar-refractivity contribution in [2.75, 3.05) is 13.1 Å². The van der Waals surface area contributed by atoms with Crippen LogP contribution in [0.15, 0.2) is 0 Å². The predicted octanol–water partition coefficient (Wildman–Crippen LogP) is -0.334. The smallest absolute Gasteiger partial charge is 0.318 e. The number of rotatable bonds is 2. The highest BCUT2D eigenvalue weighted by Gasteiger charge is 2.20. The maximum Gasteiger partial charge on any atom is 0.318 e. The van der Waals surface area contributed by atoms with Crippen molar-refractivity contribution in [3.63, 3.8) is 0 Å². The van der Waals surface area contributed by atoms with E-state index in [1.807, 2.05) is 0 Å². The predicted molar refractivity (Wildman–Crippen MR) is 48.0 cm³/mol. The summed E-state index contributed by atoms with van der Waals surface area (Å²) >= 11 is 0. The standard InChI is InChI=1S/C8H15N3O2/c1-6(7(9)12)10-8(13)11-4-2-3-5-11/h6H,2-5H2,1H3,(H2,9,12)(H,10,13). The number of amides is 3. The van der Waals surface area contributed by atoms with E-state index in [1.165, 1.54) is 0 Å². The molecule has 74 valence electrons. The van der Waals surface area contributed by atoms with Gasteiger partial charge in [0, 0.05) is 13.1 Å². The average molecular weight is 185 g/mol. The van der Waals surface area contributed by atoms with Crippen molar-refractivity contribution in [2.45, 2.75) is 25.8 Å². The van der Waals surface area contributed by atoms with Gasteiger partial charge in [-0.1, -0.05) is 0 Å². The van der Waals surface area contributed by atoms with Crippen molar-refractivity contribution < 1.29 is 9.59 Å². The molecule has 0 radical (unpaired) electrons. The Kier molecular flexibility index (Phi) is 3.11. The van der Waals surface area contributed by atoms with E-state index in [9.17, 15) is 9.59 Å². The van der Waals surface area contributed by atoms with Crippen LogP contribution in [0.5, 0.6) is 0 Å². The van der Waals surface area contributed by atoms with E-state index in [1.54, 1.807) is 11.8 Å². The van der Waals surface area contributed by atoms with Crippen molar-refractivity contribution >= 4 is 11.9 Å². The van der Waals surface area contributed by atoms with Crippen LogP contribution in [-0.4, -0.2) is 36.0 Å². The zero-order valence-corrected chi connectivity index (χ0v) is 7.75. The van der Waals surface area contributed by atoms with E-state index >= 15 is 0 Å². The summed E-state index contributed by atoms with van der Waals surface area (Å²) in [6.45, 7) is 3.13. The fourth-order valence-electron chi connectivity index (χ4n) is 1.27. The van der Waals surface area contributed by atoms with Gasteiger partial charge in [-0.2, -0.15) is 0 Å². The lowest BCUT2D eigenvalue weighted by atomic mass is 10.3. The fraction of sp³-hybridized carbons (Fsp3) is 0.750. The van der Waals surface area contributed by atoms with E-state index < -0.39 is 11.9 Å². The maximum atomic E-state index is 11.4. The molecule has 1 saturated heterocycles. The minimum atomic E-state index is -0.590. The number of urea groups is 1. The Morgan fingerprint density at radius 2 is 1.92 bits per heavy atom. The molecular formula is C8H15N3O2. The number of carbonyl (C=O) groups excluding carboxylic acids is 2. The minimum Gasteiger partial charge on any atom is -0.368 e. The Bertz CT molecular complexity index is 211. The molecule has 0 aromatic heterocycles. The Balaban J connectivity index is 2.35. The normalized spacial score (nSPS) is 18.4. The first-order chi connectivity index (χ1) is 6.11. The Labute approximate surface area is 77.3 Å². The van der Waals surface area contributed by atoms with Crippen LogP contribution in [0.4, 0.5) is 4.79 Å². The summed E-state index contributed by atoms with van der Waals surface area (Å²) < 4.78 is 0. The largest absolute Gasteiger partial charge is 0.368 e. The second-order valence-corrected chi connectivity index (χ2v) is 3.27. The Morgan fingerprint density at radius 3 is 2.38 bits per heavy atom. The first kappa shape index (κ1) is 9.83. The lowest BCUT2D eigenvalue weighted by Gasteiger charge is -2.18. The molecule has 3 amide bonds. The number of primary amides is 1. The third-order valence-electron chi connectivity index (χ3n) is 2.16. The van der Waals surface area contributed by atoms with Gasteiger partial charge in [0.15, 0.2) is 0 Å². The van der Waals surface area contributed by atoms with E-state index in [-0.39, 0.29) is 6.03 Å². The van der Waals surface area contributed by atoms with Crippen LogP contribution in [0.1, 0.15) is 19.8 Å². The lowest BCUT2D eigenvalue weighted by Crippen LogP contribution is -2.47. The molecule has 13 heavy (non-hydrogen) atoms. The van der Waals surface area contributed by atoms with Crippen LogP contribution in [0, 0.1) is 0 Å². The van der Waals surface area contributed by atoms with Gasteiger partial charge in [0.05, 0.1) is 0 Å². The highest BCUT2D eigenvalue weighted by molar-refractivity contribution is 5.85. The molecule has 5 nitrogen and oxygen atoms in total. The van der Waals surface area contributed by atoms with E-state index in [4.69, 9.17) is 5.73 Å². The van der Waals surface area contributed by atoms with Gasteiger partial charge in [0.25, 0.3) is 0 Å². The van der Waals surface area contributed by atoms with E-state index in [0.717, 1.165) is 25.9 Å². The summed E-state index contributed by atoms with van der Waals surface area (Å²) in [6.07, 6.45) is 2.08. The molecule has 0 aromatic rings. The number of nitrogens with zero attached hydrogens (tertiary/aromatic N) is 1. The number of nitrogens with one attached hydrogen (secondary N) is 1. The molecule has 5 heteroatoms. The van der Waals surface area contributed by atoms with Crippen LogP contribution < -0.4 is 11.1 Å². The second-order valence-electron chi connectivity index (χ2n) is 3.27. The Hall–Kier alpha value is -1.26. The van der Waals surface area contributed by atoms with Crippen molar-refractivity contribution in [1.29, 1.82) is 0 Å². The molecule has 1 rings (SSSR count). The van der Waals surface area contributed by atoms with Crippen molar-refractivity contribution in [1.82, 2.24) is 10.2 Å². The van der Waals surface area contributed by atoms with Gasteiger partial charge < -0.3 is 16.0 Å². The molecule has 1 unspecified atom stereocenters. The summed E-state index contributed by atoms with van der Waals surface area (Å²) in [7, 11) is 0. The van der Waals surface area contributed by atoms with Gasteiger partial charge >= 0.3 is 6.03 Å². The van der Waals surface area contributed by atoms with Crippen molar-refractivity contribution in [3.05, 3.63) is 0 Å². The number of carbonyl (C=O) groups is 2. The first-order valence-electron chi connectivity index (χ1n) is 4.46. The molecule has 1 atom stereocenters. The third-order valence-corrected chi connectivity index (χ3v) is 2.16. The molecule has 3 N–H and O–H groups in total. The molecule has 0 saturated carbocycles. The van der Waals surface area contributed by atoms with Crippen LogP contribution in [0.2, 0.25) is 0 Å². The zero-order chi connectivity index (χ0) is 9.84. The fourth-order valence-corrected chi connectivity index (χ4v) is 1.27. The molecule has 1 heterocycles. The summed E-state index contributed by atoms with van der Waals surface area (Å²) in [5.74, 6) is -0.507. The minimum absolute atomic E-state index is 0.191. The summed E-state index contributed by atoms with van der Waals surface area (Å²) in [4.78, 5) is 23.7. The van der Waals surface area contributed by atoms with Crippen LogP contribution in [0.3, 0.4) is 0 Å².